The van der Waals surface area contributed by atoms with Crippen LogP contribution in [0.3, 0.4) is 0 Å². The Hall–Kier alpha value is -0.370. The van der Waals surface area contributed by atoms with Crippen LogP contribution in [0.15, 0.2) is 0 Å². The third-order valence-corrected chi connectivity index (χ3v) is 9.95. The molecule has 4 aliphatic rings. The molecule has 0 aromatic heterocycles. The number of aliphatic hydroxyl groups is 1. The molecule has 0 aromatic carbocycles. The minimum atomic E-state index is -0.169. The van der Waals surface area contributed by atoms with Crippen molar-refractivity contribution < 1.29 is 9.90 Å². The van der Waals surface area contributed by atoms with Crippen LogP contribution in [0, 0.1) is 46.3 Å². The van der Waals surface area contributed by atoms with E-state index in [-0.39, 0.29) is 6.10 Å². The van der Waals surface area contributed by atoms with Gasteiger partial charge in [0.2, 0.25) is 0 Å². The normalized spacial score (nSPS) is 52.1. The van der Waals surface area contributed by atoms with Crippen LogP contribution in [0.5, 0.6) is 0 Å². The lowest BCUT2D eigenvalue weighted by Gasteiger charge is -2.60. The van der Waals surface area contributed by atoms with Gasteiger partial charge in [0.25, 0.3) is 0 Å². The Balaban J connectivity index is 1.62. The highest BCUT2D eigenvalue weighted by atomic mass is 16.3. The van der Waals surface area contributed by atoms with Crippen molar-refractivity contribution in [1.82, 2.24) is 0 Å². The molecule has 26 heavy (non-hydrogen) atoms. The van der Waals surface area contributed by atoms with Gasteiger partial charge in [-0.25, -0.2) is 0 Å². The molecule has 2 nitrogen and oxygen atoms in total. The number of carbonyl (C=O) groups excluding carboxylic acids is 1. The summed E-state index contributed by atoms with van der Waals surface area (Å²) in [6.45, 7) is 9.80. The highest BCUT2D eigenvalue weighted by molar-refractivity contribution is 5.83. The zero-order chi connectivity index (χ0) is 18.7. The molecule has 3 unspecified atom stereocenters. The number of ketones is 1. The van der Waals surface area contributed by atoms with Gasteiger partial charge in [-0.05, 0) is 85.4 Å². The lowest BCUT2D eigenvalue weighted by molar-refractivity contribution is -0.160. The molecular weight excluding hydrogens is 320 g/mol. The van der Waals surface area contributed by atoms with Crippen LogP contribution < -0.4 is 0 Å². The molecule has 0 saturated heterocycles. The maximum absolute atomic E-state index is 13.3. The number of hydrogen-bond donors (Lipinski definition) is 1. The van der Waals surface area contributed by atoms with Gasteiger partial charge < -0.3 is 5.11 Å². The fourth-order valence-electron chi connectivity index (χ4n) is 8.54. The molecule has 0 spiro atoms. The zero-order valence-electron chi connectivity index (χ0n) is 17.5. The maximum atomic E-state index is 13.3. The van der Waals surface area contributed by atoms with Crippen molar-refractivity contribution in [2.75, 3.05) is 0 Å². The average Bonchev–Trinajstić information content (AvgIpc) is 2.94. The standard InChI is InChI=1S/C24H40O2/c1-5-6-15(2)18-7-8-19-22-20(10-12-24(18,19)4)23(3)11-9-17(25)13-16(23)14-21(22)26/h15-20,22,25H,5-14H2,1-4H3/t15?,16?,17?,18-,19+,20+,22+,23+,24-/m1/s1. The first-order valence-electron chi connectivity index (χ1n) is 11.5. The van der Waals surface area contributed by atoms with E-state index in [1.165, 1.54) is 38.5 Å². The third kappa shape index (κ3) is 2.65. The quantitative estimate of drug-likeness (QED) is 0.709. The number of carbonyl (C=O) groups is 1. The van der Waals surface area contributed by atoms with E-state index in [0.717, 1.165) is 37.5 Å². The molecule has 0 aliphatic heterocycles. The molecule has 0 bridgehead atoms. The van der Waals surface area contributed by atoms with Crippen LogP contribution in [-0.2, 0) is 4.79 Å². The molecular formula is C24H40O2. The summed E-state index contributed by atoms with van der Waals surface area (Å²) >= 11 is 0. The molecule has 1 N–H and O–H groups in total. The Kier molecular flexibility index (Phi) is 4.82. The lowest BCUT2D eigenvalue weighted by Crippen LogP contribution is -2.57. The van der Waals surface area contributed by atoms with Crippen LogP contribution >= 0.6 is 0 Å². The summed E-state index contributed by atoms with van der Waals surface area (Å²) in [5.74, 6) is 4.15. The lowest BCUT2D eigenvalue weighted by atomic mass is 9.44. The average molecular weight is 361 g/mol. The van der Waals surface area contributed by atoms with Crippen molar-refractivity contribution in [3.8, 4) is 0 Å². The summed E-state index contributed by atoms with van der Waals surface area (Å²) in [7, 11) is 0. The fourth-order valence-corrected chi connectivity index (χ4v) is 8.54. The van der Waals surface area contributed by atoms with Gasteiger partial charge in [-0.15, -0.1) is 0 Å². The van der Waals surface area contributed by atoms with Gasteiger partial charge >= 0.3 is 0 Å². The van der Waals surface area contributed by atoms with Gasteiger partial charge in [0.1, 0.15) is 5.78 Å². The summed E-state index contributed by atoms with van der Waals surface area (Å²) in [6, 6.07) is 0. The highest BCUT2D eigenvalue weighted by Gasteiger charge is 2.62. The second-order valence-corrected chi connectivity index (χ2v) is 11.0. The van der Waals surface area contributed by atoms with Gasteiger partial charge in [-0.1, -0.05) is 40.5 Å². The molecule has 148 valence electrons. The van der Waals surface area contributed by atoms with E-state index in [1.54, 1.807) is 0 Å². The van der Waals surface area contributed by atoms with E-state index in [2.05, 4.69) is 27.7 Å². The number of aliphatic hydroxyl groups excluding tert-OH is 1. The predicted molar refractivity (Wildman–Crippen MR) is 106 cm³/mol. The zero-order valence-corrected chi connectivity index (χ0v) is 17.5. The highest BCUT2D eigenvalue weighted by Crippen LogP contribution is 2.67. The third-order valence-electron chi connectivity index (χ3n) is 9.95. The second-order valence-electron chi connectivity index (χ2n) is 11.0. The van der Waals surface area contributed by atoms with Gasteiger partial charge in [0, 0.05) is 12.3 Å². The van der Waals surface area contributed by atoms with E-state index < -0.39 is 0 Å². The Morgan fingerprint density at radius 1 is 1.08 bits per heavy atom. The van der Waals surface area contributed by atoms with Crippen LogP contribution in [0.2, 0.25) is 0 Å². The van der Waals surface area contributed by atoms with Crippen molar-refractivity contribution in [2.24, 2.45) is 46.3 Å². The van der Waals surface area contributed by atoms with E-state index in [1.807, 2.05) is 0 Å². The maximum Gasteiger partial charge on any atom is 0.136 e. The number of fused-ring (bicyclic) bond motifs is 5. The van der Waals surface area contributed by atoms with E-state index in [0.29, 0.717) is 40.3 Å². The smallest absolute Gasteiger partial charge is 0.136 e. The van der Waals surface area contributed by atoms with E-state index in [9.17, 15) is 9.90 Å². The first-order chi connectivity index (χ1) is 12.3. The molecule has 4 aliphatic carbocycles. The van der Waals surface area contributed by atoms with Crippen molar-refractivity contribution in [3.05, 3.63) is 0 Å². The van der Waals surface area contributed by atoms with Gasteiger partial charge in [-0.3, -0.25) is 4.79 Å². The fraction of sp³-hybridized carbons (Fsp3) is 0.958. The molecule has 9 atom stereocenters. The van der Waals surface area contributed by atoms with Crippen molar-refractivity contribution >= 4 is 5.78 Å². The van der Waals surface area contributed by atoms with Crippen molar-refractivity contribution in [2.45, 2.75) is 98.0 Å². The molecule has 2 heteroatoms. The van der Waals surface area contributed by atoms with Gasteiger partial charge in [-0.2, -0.15) is 0 Å². The van der Waals surface area contributed by atoms with Crippen LogP contribution in [0.1, 0.15) is 91.9 Å². The Bertz CT molecular complexity index is 556. The number of rotatable bonds is 3. The summed E-state index contributed by atoms with van der Waals surface area (Å²) in [6.07, 6.45) is 11.4. The summed E-state index contributed by atoms with van der Waals surface area (Å²) in [5, 5.41) is 10.2. The first kappa shape index (κ1) is 19.0. The summed E-state index contributed by atoms with van der Waals surface area (Å²) < 4.78 is 0. The molecule has 4 saturated carbocycles. The second kappa shape index (κ2) is 6.61. The van der Waals surface area contributed by atoms with E-state index in [4.69, 9.17) is 0 Å². The van der Waals surface area contributed by atoms with Crippen LogP contribution in [0.4, 0.5) is 0 Å². The SMILES string of the molecule is CCCC(C)[C@H]1CC[C@H]2[C@@H]3C(=O)CC4CC(O)CC[C@]4(C)[C@H]3CC[C@]12C. The van der Waals surface area contributed by atoms with E-state index >= 15 is 0 Å². The Labute approximate surface area is 160 Å². The van der Waals surface area contributed by atoms with Gasteiger partial charge in [0.15, 0.2) is 0 Å². The first-order valence-corrected chi connectivity index (χ1v) is 11.5. The molecule has 4 rings (SSSR count). The molecule has 4 fully saturated rings. The topological polar surface area (TPSA) is 37.3 Å². The minimum Gasteiger partial charge on any atom is -0.393 e. The molecule has 0 aromatic rings. The van der Waals surface area contributed by atoms with Crippen molar-refractivity contribution in [3.63, 3.8) is 0 Å². The molecule has 0 radical (unpaired) electrons. The minimum absolute atomic E-state index is 0.169. The Morgan fingerprint density at radius 2 is 1.77 bits per heavy atom. The summed E-state index contributed by atoms with van der Waals surface area (Å²) in [5.41, 5.74) is 0.690. The van der Waals surface area contributed by atoms with Crippen LogP contribution in [0.25, 0.3) is 0 Å². The monoisotopic (exact) mass is 360 g/mol. The Morgan fingerprint density at radius 3 is 2.50 bits per heavy atom. The molecule has 0 amide bonds. The van der Waals surface area contributed by atoms with Gasteiger partial charge in [0.05, 0.1) is 6.10 Å². The van der Waals surface area contributed by atoms with Crippen molar-refractivity contribution in [1.29, 1.82) is 0 Å². The summed E-state index contributed by atoms with van der Waals surface area (Å²) in [4.78, 5) is 13.3. The largest absolute Gasteiger partial charge is 0.393 e. The van der Waals surface area contributed by atoms with Crippen LogP contribution in [-0.4, -0.2) is 17.0 Å². The molecule has 0 heterocycles. The number of Topliss-reactive ketones (excluding diaryl/α,β-unsaturated/α-hetero) is 1. The predicted octanol–water partition coefficient (Wildman–Crippen LogP) is 5.62. The number of hydrogen-bond acceptors (Lipinski definition) is 2.